The molecule has 0 unspecified atom stereocenters. The molecule has 0 heterocycles. The van der Waals surface area contributed by atoms with Gasteiger partial charge in [0.15, 0.2) is 5.82 Å². The summed E-state index contributed by atoms with van der Waals surface area (Å²) in [5.41, 5.74) is 3.95. The Balaban J connectivity index is 2.38. The van der Waals surface area contributed by atoms with E-state index < -0.39 is 23.2 Å². The maximum atomic E-state index is 13.7. The fourth-order valence-corrected chi connectivity index (χ4v) is 1.81. The summed E-state index contributed by atoms with van der Waals surface area (Å²) in [4.78, 5) is 0. The van der Waals surface area contributed by atoms with E-state index in [-0.39, 0.29) is 16.4 Å². The lowest BCUT2D eigenvalue weighted by molar-refractivity contribution is -0.136. The van der Waals surface area contributed by atoms with Crippen LogP contribution in [0.1, 0.15) is 5.56 Å². The molecule has 0 saturated carbocycles. The van der Waals surface area contributed by atoms with E-state index in [1.807, 2.05) is 0 Å². The largest absolute Gasteiger partial charge is 0.418 e. The molecule has 0 radical (unpaired) electrons. The molecule has 2 nitrogen and oxygen atoms in total. The molecule has 106 valence electrons. The number of alkyl halides is 3. The highest BCUT2D eigenvalue weighted by Gasteiger charge is 2.33. The maximum Gasteiger partial charge on any atom is 0.418 e. The summed E-state index contributed by atoms with van der Waals surface area (Å²) in [7, 11) is 0. The van der Waals surface area contributed by atoms with Gasteiger partial charge in [-0.05, 0) is 30.3 Å². The Hall–Kier alpha value is -1.95. The van der Waals surface area contributed by atoms with Gasteiger partial charge in [-0.2, -0.15) is 13.2 Å². The molecule has 0 spiro atoms. The van der Waals surface area contributed by atoms with Crippen LogP contribution >= 0.6 is 11.6 Å². The van der Waals surface area contributed by atoms with Gasteiger partial charge in [-0.25, -0.2) is 4.39 Å². The molecule has 2 rings (SSSR count). The van der Waals surface area contributed by atoms with Crippen LogP contribution < -0.4 is 11.1 Å². The Morgan fingerprint density at radius 3 is 2.45 bits per heavy atom. The van der Waals surface area contributed by atoms with Crippen molar-refractivity contribution in [3.63, 3.8) is 0 Å². The molecule has 0 bridgehead atoms. The van der Waals surface area contributed by atoms with Crippen molar-refractivity contribution in [2.45, 2.75) is 6.18 Å². The summed E-state index contributed by atoms with van der Waals surface area (Å²) in [6.45, 7) is 0. The van der Waals surface area contributed by atoms with E-state index in [1.165, 1.54) is 24.3 Å². The van der Waals surface area contributed by atoms with Gasteiger partial charge >= 0.3 is 6.18 Å². The summed E-state index contributed by atoms with van der Waals surface area (Å²) >= 11 is 5.59. The second kappa shape index (κ2) is 5.20. The highest BCUT2D eigenvalue weighted by Crippen LogP contribution is 2.36. The van der Waals surface area contributed by atoms with Crippen LogP contribution in [-0.4, -0.2) is 0 Å². The maximum absolute atomic E-state index is 13.7. The summed E-state index contributed by atoms with van der Waals surface area (Å²) in [5.74, 6) is -0.737. The molecular formula is C13H9ClF4N2. The molecule has 0 aromatic heterocycles. The van der Waals surface area contributed by atoms with E-state index >= 15 is 0 Å². The number of anilines is 3. The average molecular weight is 305 g/mol. The lowest BCUT2D eigenvalue weighted by Gasteiger charge is -2.13. The van der Waals surface area contributed by atoms with Crippen molar-refractivity contribution in [3.8, 4) is 0 Å². The quantitative estimate of drug-likeness (QED) is 0.616. The van der Waals surface area contributed by atoms with Crippen LogP contribution in [-0.2, 0) is 6.18 Å². The Bertz CT molecular complexity index is 641. The number of hydrogen-bond donors (Lipinski definition) is 2. The van der Waals surface area contributed by atoms with Gasteiger partial charge in [-0.15, -0.1) is 0 Å². The van der Waals surface area contributed by atoms with Crippen molar-refractivity contribution in [1.29, 1.82) is 0 Å². The molecule has 0 amide bonds. The van der Waals surface area contributed by atoms with Crippen LogP contribution in [0.4, 0.5) is 34.6 Å². The highest BCUT2D eigenvalue weighted by atomic mass is 35.5. The summed E-state index contributed by atoms with van der Waals surface area (Å²) < 4.78 is 51.8. The Labute approximate surface area is 117 Å². The Morgan fingerprint density at radius 2 is 1.80 bits per heavy atom. The van der Waals surface area contributed by atoms with Crippen LogP contribution in [0, 0.1) is 5.82 Å². The minimum absolute atomic E-state index is 0.0182. The van der Waals surface area contributed by atoms with Gasteiger partial charge in [0.2, 0.25) is 0 Å². The van der Waals surface area contributed by atoms with Crippen molar-refractivity contribution in [2.24, 2.45) is 0 Å². The van der Waals surface area contributed by atoms with E-state index in [2.05, 4.69) is 5.32 Å². The lowest BCUT2D eigenvalue weighted by Crippen LogP contribution is -2.09. The number of nitrogens with two attached hydrogens (primary N) is 1. The van der Waals surface area contributed by atoms with Crippen LogP contribution in [0.5, 0.6) is 0 Å². The van der Waals surface area contributed by atoms with Crippen LogP contribution in [0.25, 0.3) is 0 Å². The molecule has 2 aromatic rings. The molecule has 7 heteroatoms. The molecule has 0 aliphatic carbocycles. The number of nitrogens with one attached hydrogen (secondary N) is 1. The number of benzene rings is 2. The van der Waals surface area contributed by atoms with Crippen LogP contribution in [0.15, 0.2) is 36.4 Å². The summed E-state index contributed by atoms with van der Waals surface area (Å²) in [6, 6.07) is 7.43. The predicted molar refractivity (Wildman–Crippen MR) is 70.5 cm³/mol. The van der Waals surface area contributed by atoms with Gasteiger partial charge in [0.05, 0.1) is 16.3 Å². The van der Waals surface area contributed by atoms with Crippen molar-refractivity contribution in [1.82, 2.24) is 0 Å². The van der Waals surface area contributed by atoms with Crippen LogP contribution in [0.2, 0.25) is 5.02 Å². The van der Waals surface area contributed by atoms with Gasteiger partial charge in [-0.1, -0.05) is 17.7 Å². The minimum Gasteiger partial charge on any atom is -0.398 e. The van der Waals surface area contributed by atoms with Gasteiger partial charge < -0.3 is 11.1 Å². The highest BCUT2D eigenvalue weighted by molar-refractivity contribution is 6.31. The first-order valence-electron chi connectivity index (χ1n) is 5.47. The predicted octanol–water partition coefficient (Wildman–Crippen LogP) is 4.82. The van der Waals surface area contributed by atoms with Crippen molar-refractivity contribution in [2.75, 3.05) is 11.1 Å². The summed E-state index contributed by atoms with van der Waals surface area (Å²) in [5, 5.41) is 2.41. The molecule has 0 aliphatic heterocycles. The molecule has 0 saturated heterocycles. The monoisotopic (exact) mass is 304 g/mol. The third-order valence-corrected chi connectivity index (χ3v) is 2.88. The molecular weight excluding hydrogens is 296 g/mol. The van der Waals surface area contributed by atoms with E-state index in [0.717, 1.165) is 12.1 Å². The zero-order chi connectivity index (χ0) is 14.9. The topological polar surface area (TPSA) is 38.0 Å². The average Bonchev–Trinajstić information content (AvgIpc) is 2.36. The van der Waals surface area contributed by atoms with Crippen molar-refractivity contribution < 1.29 is 17.6 Å². The third-order valence-electron chi connectivity index (χ3n) is 2.59. The standard InChI is InChI=1S/C13H9ClF4N2/c14-9-2-1-3-11(12(9)15)20-7-4-5-10(19)8(6-7)13(16,17)18/h1-6,20H,19H2. The third kappa shape index (κ3) is 2.96. The number of nitrogen functional groups attached to an aromatic ring is 1. The van der Waals surface area contributed by atoms with Gasteiger partial charge in [0.25, 0.3) is 0 Å². The smallest absolute Gasteiger partial charge is 0.398 e. The molecule has 2 aromatic carbocycles. The van der Waals surface area contributed by atoms with Crippen LogP contribution in [0.3, 0.4) is 0 Å². The molecule has 3 N–H and O–H groups in total. The molecule has 0 fully saturated rings. The number of hydrogen-bond acceptors (Lipinski definition) is 2. The zero-order valence-corrected chi connectivity index (χ0v) is 10.7. The Morgan fingerprint density at radius 1 is 1.10 bits per heavy atom. The van der Waals surface area contributed by atoms with Gasteiger partial charge in [-0.3, -0.25) is 0 Å². The summed E-state index contributed by atoms with van der Waals surface area (Å²) in [6.07, 6.45) is -4.57. The first-order chi connectivity index (χ1) is 9.29. The van der Waals surface area contributed by atoms with Crippen molar-refractivity contribution >= 4 is 28.7 Å². The second-order valence-corrected chi connectivity index (χ2v) is 4.43. The van der Waals surface area contributed by atoms with Crippen molar-refractivity contribution in [3.05, 3.63) is 52.8 Å². The van der Waals surface area contributed by atoms with E-state index in [4.69, 9.17) is 17.3 Å². The molecule has 0 aliphatic rings. The molecule has 0 atom stereocenters. The number of halogens is 5. The SMILES string of the molecule is Nc1ccc(Nc2cccc(Cl)c2F)cc1C(F)(F)F. The first-order valence-corrected chi connectivity index (χ1v) is 5.84. The van der Waals surface area contributed by atoms with E-state index in [1.54, 1.807) is 0 Å². The number of rotatable bonds is 2. The normalized spacial score (nSPS) is 11.4. The zero-order valence-electron chi connectivity index (χ0n) is 9.93. The minimum atomic E-state index is -4.57. The molecule has 20 heavy (non-hydrogen) atoms. The van der Waals surface area contributed by atoms with E-state index in [0.29, 0.717) is 0 Å². The van der Waals surface area contributed by atoms with E-state index in [9.17, 15) is 17.6 Å². The first kappa shape index (κ1) is 14.5. The van der Waals surface area contributed by atoms with Gasteiger partial charge in [0, 0.05) is 11.4 Å². The fourth-order valence-electron chi connectivity index (χ4n) is 1.64. The Kier molecular flexibility index (Phi) is 3.76. The fraction of sp³-hybridized carbons (Fsp3) is 0.0769. The second-order valence-electron chi connectivity index (χ2n) is 4.03. The lowest BCUT2D eigenvalue weighted by atomic mass is 10.1. The van der Waals surface area contributed by atoms with Gasteiger partial charge in [0.1, 0.15) is 0 Å².